The Bertz CT molecular complexity index is 635. The molecule has 0 aliphatic heterocycles. The first-order valence-electron chi connectivity index (χ1n) is 7.48. The lowest BCUT2D eigenvalue weighted by Gasteiger charge is -2.13. The van der Waals surface area contributed by atoms with E-state index in [1.165, 1.54) is 24.9 Å². The van der Waals surface area contributed by atoms with Crippen LogP contribution in [0.3, 0.4) is 0 Å². The Labute approximate surface area is 131 Å². The molecule has 3 rings (SSSR count). The molecule has 1 aliphatic carbocycles. The molecule has 0 fully saturated rings. The zero-order valence-electron chi connectivity index (χ0n) is 12.6. The third-order valence-corrected chi connectivity index (χ3v) is 4.34. The molecule has 0 atom stereocenters. The molecule has 0 saturated heterocycles. The number of aryl methyl sites for hydroxylation is 1. The number of fused-ring (bicyclic) bond motifs is 1. The van der Waals surface area contributed by atoms with Crippen molar-refractivity contribution in [2.75, 3.05) is 19.0 Å². The Kier molecular flexibility index (Phi) is 4.11. The van der Waals surface area contributed by atoms with E-state index in [1.54, 1.807) is 0 Å². The van der Waals surface area contributed by atoms with Crippen molar-refractivity contribution in [3.05, 3.63) is 40.7 Å². The van der Waals surface area contributed by atoms with E-state index < -0.39 is 0 Å². The molecule has 0 N–H and O–H groups in total. The Morgan fingerprint density at radius 3 is 2.38 bits per heavy atom. The van der Waals surface area contributed by atoms with Gasteiger partial charge in [0.2, 0.25) is 0 Å². The average Bonchev–Trinajstić information content (AvgIpc) is 2.73. The first kappa shape index (κ1) is 14.3. The van der Waals surface area contributed by atoms with Crippen LogP contribution in [-0.2, 0) is 12.8 Å². The van der Waals surface area contributed by atoms with Crippen molar-refractivity contribution < 1.29 is 0 Å². The molecule has 0 amide bonds. The van der Waals surface area contributed by atoms with E-state index >= 15 is 0 Å². The number of hydrogen-bond donors (Lipinski definition) is 0. The summed E-state index contributed by atoms with van der Waals surface area (Å²) in [5.41, 5.74) is 4.48. The van der Waals surface area contributed by atoms with Crippen LogP contribution in [0.4, 0.5) is 5.69 Å². The van der Waals surface area contributed by atoms with Crippen LogP contribution in [0.15, 0.2) is 24.3 Å². The van der Waals surface area contributed by atoms with Gasteiger partial charge >= 0.3 is 0 Å². The Balaban J connectivity index is 1.99. The van der Waals surface area contributed by atoms with Crippen LogP contribution < -0.4 is 4.90 Å². The molecule has 2 aromatic rings. The van der Waals surface area contributed by atoms with Crippen LogP contribution in [0.1, 0.15) is 30.5 Å². The van der Waals surface area contributed by atoms with E-state index in [1.807, 2.05) is 14.1 Å². The van der Waals surface area contributed by atoms with Crippen molar-refractivity contribution in [2.45, 2.75) is 32.1 Å². The Morgan fingerprint density at radius 1 is 0.952 bits per heavy atom. The molecule has 21 heavy (non-hydrogen) atoms. The standard InChI is InChI=1S/C17H20ClN3/c1-21(2)13-10-8-12(9-11-13)17-19-15-7-5-3-4-6-14(15)16(18)20-17/h8-11H,3-7H2,1-2H3. The highest BCUT2D eigenvalue weighted by Gasteiger charge is 2.16. The molecule has 0 unspecified atom stereocenters. The minimum Gasteiger partial charge on any atom is -0.378 e. The maximum absolute atomic E-state index is 6.39. The summed E-state index contributed by atoms with van der Waals surface area (Å²) in [6, 6.07) is 8.28. The largest absolute Gasteiger partial charge is 0.378 e. The second kappa shape index (κ2) is 6.02. The third-order valence-electron chi connectivity index (χ3n) is 4.02. The van der Waals surface area contributed by atoms with Crippen molar-refractivity contribution in [2.24, 2.45) is 0 Å². The summed E-state index contributed by atoms with van der Waals surface area (Å²) in [6.45, 7) is 0. The number of rotatable bonds is 2. The highest BCUT2D eigenvalue weighted by atomic mass is 35.5. The summed E-state index contributed by atoms with van der Waals surface area (Å²) in [4.78, 5) is 11.4. The predicted octanol–water partition coefficient (Wildman–Crippen LogP) is 4.13. The lowest BCUT2D eigenvalue weighted by atomic mass is 10.1. The molecule has 1 aliphatic rings. The van der Waals surface area contributed by atoms with Gasteiger partial charge in [-0.1, -0.05) is 18.0 Å². The maximum Gasteiger partial charge on any atom is 0.161 e. The lowest BCUT2D eigenvalue weighted by molar-refractivity contribution is 0.709. The third kappa shape index (κ3) is 3.03. The fourth-order valence-corrected chi connectivity index (χ4v) is 3.05. The monoisotopic (exact) mass is 301 g/mol. The van der Waals surface area contributed by atoms with Crippen LogP contribution in [0.2, 0.25) is 5.15 Å². The molecule has 0 bridgehead atoms. The normalized spacial score (nSPS) is 14.4. The van der Waals surface area contributed by atoms with Crippen molar-refractivity contribution in [3.8, 4) is 11.4 Å². The van der Waals surface area contributed by atoms with Gasteiger partial charge in [-0.3, -0.25) is 0 Å². The van der Waals surface area contributed by atoms with Gasteiger partial charge in [0.1, 0.15) is 5.15 Å². The number of aromatic nitrogens is 2. The summed E-state index contributed by atoms with van der Waals surface area (Å²) in [5.74, 6) is 0.742. The number of halogens is 1. The fourth-order valence-electron chi connectivity index (χ4n) is 2.76. The summed E-state index contributed by atoms with van der Waals surface area (Å²) in [7, 11) is 4.07. The minimum absolute atomic E-state index is 0.633. The van der Waals surface area contributed by atoms with Gasteiger partial charge in [-0.2, -0.15) is 0 Å². The number of benzene rings is 1. The molecule has 3 nitrogen and oxygen atoms in total. The van der Waals surface area contributed by atoms with Gasteiger partial charge in [-0.25, -0.2) is 9.97 Å². The fraction of sp³-hybridized carbons (Fsp3) is 0.412. The quantitative estimate of drug-likeness (QED) is 0.617. The second-order valence-corrected chi connectivity index (χ2v) is 6.12. The molecule has 1 heterocycles. The summed E-state index contributed by atoms with van der Waals surface area (Å²) >= 11 is 6.39. The van der Waals surface area contributed by atoms with Crippen LogP contribution in [0.5, 0.6) is 0 Å². The van der Waals surface area contributed by atoms with Crippen molar-refractivity contribution in [1.29, 1.82) is 0 Å². The van der Waals surface area contributed by atoms with E-state index in [2.05, 4.69) is 34.1 Å². The highest BCUT2D eigenvalue weighted by molar-refractivity contribution is 6.30. The summed E-state index contributed by atoms with van der Waals surface area (Å²) in [6.07, 6.45) is 5.65. The molecule has 1 aromatic heterocycles. The number of hydrogen-bond acceptors (Lipinski definition) is 3. The molecule has 0 saturated carbocycles. The average molecular weight is 302 g/mol. The molecule has 0 radical (unpaired) electrons. The zero-order chi connectivity index (χ0) is 14.8. The van der Waals surface area contributed by atoms with Crippen LogP contribution in [-0.4, -0.2) is 24.1 Å². The number of anilines is 1. The lowest BCUT2D eigenvalue weighted by Crippen LogP contribution is -2.08. The van der Waals surface area contributed by atoms with Crippen molar-refractivity contribution >= 4 is 17.3 Å². The van der Waals surface area contributed by atoms with Crippen LogP contribution in [0, 0.1) is 0 Å². The van der Waals surface area contributed by atoms with E-state index in [0.717, 1.165) is 35.5 Å². The molecular weight excluding hydrogens is 282 g/mol. The van der Waals surface area contributed by atoms with Gasteiger partial charge in [0.15, 0.2) is 5.82 Å². The minimum atomic E-state index is 0.633. The molecule has 0 spiro atoms. The van der Waals surface area contributed by atoms with Gasteiger partial charge in [0.05, 0.1) is 0 Å². The van der Waals surface area contributed by atoms with Gasteiger partial charge in [-0.05, 0) is 49.9 Å². The molecule has 4 heteroatoms. The van der Waals surface area contributed by atoms with Crippen LogP contribution in [0.25, 0.3) is 11.4 Å². The predicted molar refractivity (Wildman–Crippen MR) is 88.1 cm³/mol. The molecule has 110 valence electrons. The first-order valence-corrected chi connectivity index (χ1v) is 7.86. The zero-order valence-corrected chi connectivity index (χ0v) is 13.3. The van der Waals surface area contributed by atoms with E-state index in [4.69, 9.17) is 16.6 Å². The van der Waals surface area contributed by atoms with Crippen molar-refractivity contribution in [1.82, 2.24) is 9.97 Å². The Morgan fingerprint density at radius 2 is 1.67 bits per heavy atom. The molecular formula is C17H20ClN3. The van der Waals surface area contributed by atoms with Gasteiger partial charge in [0.25, 0.3) is 0 Å². The van der Waals surface area contributed by atoms with Gasteiger partial charge < -0.3 is 4.90 Å². The maximum atomic E-state index is 6.39. The van der Waals surface area contributed by atoms with Crippen molar-refractivity contribution in [3.63, 3.8) is 0 Å². The van der Waals surface area contributed by atoms with Gasteiger partial charge in [0, 0.05) is 36.6 Å². The first-order chi connectivity index (χ1) is 10.1. The smallest absolute Gasteiger partial charge is 0.161 e. The second-order valence-electron chi connectivity index (χ2n) is 5.77. The topological polar surface area (TPSA) is 29.0 Å². The van der Waals surface area contributed by atoms with Crippen LogP contribution >= 0.6 is 11.6 Å². The van der Waals surface area contributed by atoms with E-state index in [9.17, 15) is 0 Å². The Hall–Kier alpha value is -1.61. The van der Waals surface area contributed by atoms with E-state index in [0.29, 0.717) is 5.15 Å². The van der Waals surface area contributed by atoms with Gasteiger partial charge in [-0.15, -0.1) is 0 Å². The number of nitrogens with zero attached hydrogens (tertiary/aromatic N) is 3. The summed E-state index contributed by atoms with van der Waals surface area (Å²) in [5, 5.41) is 0.633. The highest BCUT2D eigenvalue weighted by Crippen LogP contribution is 2.28. The molecule has 1 aromatic carbocycles. The van der Waals surface area contributed by atoms with E-state index in [-0.39, 0.29) is 0 Å². The summed E-state index contributed by atoms with van der Waals surface area (Å²) < 4.78 is 0. The SMILES string of the molecule is CN(C)c1ccc(-c2nc(Cl)c3c(n2)CCCCC3)cc1.